The van der Waals surface area contributed by atoms with Crippen LogP contribution in [0.25, 0.3) is 0 Å². The quantitative estimate of drug-likeness (QED) is 0.225. The zero-order valence-corrected chi connectivity index (χ0v) is 19.8. The van der Waals surface area contributed by atoms with Gasteiger partial charge in [0.05, 0.1) is 15.5 Å². The Kier molecular flexibility index (Phi) is 8.07. The summed E-state index contributed by atoms with van der Waals surface area (Å²) in [4.78, 5) is 50.0. The van der Waals surface area contributed by atoms with Crippen molar-refractivity contribution in [2.45, 2.75) is 19.5 Å². The fourth-order valence-corrected chi connectivity index (χ4v) is 3.88. The van der Waals surface area contributed by atoms with E-state index in [-0.39, 0.29) is 39.1 Å². The highest BCUT2D eigenvalue weighted by molar-refractivity contribution is 7.12. The van der Waals surface area contributed by atoms with Crippen LogP contribution >= 0.6 is 22.9 Å². The van der Waals surface area contributed by atoms with Crippen molar-refractivity contribution >= 4 is 46.6 Å². The van der Waals surface area contributed by atoms with Crippen LogP contribution in [0.4, 0.5) is 0 Å². The van der Waals surface area contributed by atoms with E-state index in [9.17, 15) is 34.5 Å². The van der Waals surface area contributed by atoms with Gasteiger partial charge in [0.2, 0.25) is 0 Å². The molecule has 1 aromatic heterocycles. The first-order valence-electron chi connectivity index (χ1n) is 10.1. The van der Waals surface area contributed by atoms with Gasteiger partial charge in [-0.2, -0.15) is 0 Å². The van der Waals surface area contributed by atoms with E-state index < -0.39 is 29.7 Å². The summed E-state index contributed by atoms with van der Waals surface area (Å²) in [6.07, 6.45) is 0. The van der Waals surface area contributed by atoms with Crippen LogP contribution < -0.4 is 10.7 Å². The number of imide groups is 1. The Balaban J connectivity index is 1.80. The highest BCUT2D eigenvalue weighted by atomic mass is 35.5. The van der Waals surface area contributed by atoms with E-state index in [1.807, 2.05) is 0 Å². The van der Waals surface area contributed by atoms with Crippen LogP contribution in [-0.4, -0.2) is 50.1 Å². The number of hydrazine groups is 1. The Hall–Kier alpha value is -3.93. The summed E-state index contributed by atoms with van der Waals surface area (Å²) in [6, 6.07) is 9.55. The number of halogens is 1. The van der Waals surface area contributed by atoms with Crippen LogP contribution in [0.3, 0.4) is 0 Å². The third-order valence-corrected chi connectivity index (χ3v) is 5.88. The van der Waals surface area contributed by atoms with Gasteiger partial charge in [-0.1, -0.05) is 17.7 Å². The molecule has 10 nitrogen and oxygen atoms in total. The summed E-state index contributed by atoms with van der Waals surface area (Å²) in [5.74, 6) is -3.80. The minimum Gasteiger partial charge on any atom is -0.508 e. The van der Waals surface area contributed by atoms with Gasteiger partial charge < -0.3 is 20.6 Å². The Morgan fingerprint density at radius 2 is 1.71 bits per heavy atom. The third-order valence-electron chi connectivity index (χ3n) is 4.71. The van der Waals surface area contributed by atoms with Crippen LogP contribution in [0.2, 0.25) is 5.02 Å². The van der Waals surface area contributed by atoms with E-state index in [0.717, 1.165) is 17.4 Å². The Bertz CT molecular complexity index is 1260. The first-order valence-corrected chi connectivity index (χ1v) is 11.3. The van der Waals surface area contributed by atoms with E-state index in [0.29, 0.717) is 10.6 Å². The Labute approximate surface area is 208 Å². The van der Waals surface area contributed by atoms with E-state index >= 15 is 0 Å². The van der Waals surface area contributed by atoms with Gasteiger partial charge in [0.25, 0.3) is 17.7 Å². The average molecular weight is 518 g/mol. The van der Waals surface area contributed by atoms with E-state index in [1.54, 1.807) is 11.4 Å². The van der Waals surface area contributed by atoms with Crippen LogP contribution in [0.1, 0.15) is 42.9 Å². The van der Waals surface area contributed by atoms with Gasteiger partial charge in [-0.25, -0.2) is 10.4 Å². The Morgan fingerprint density at radius 3 is 2.29 bits per heavy atom. The molecule has 0 bridgehead atoms. The van der Waals surface area contributed by atoms with Gasteiger partial charge in [0.1, 0.15) is 17.5 Å². The number of aliphatic carboxylic acids is 1. The third kappa shape index (κ3) is 6.35. The van der Waals surface area contributed by atoms with Gasteiger partial charge in [-0.05, 0) is 54.3 Å². The predicted octanol–water partition coefficient (Wildman–Crippen LogP) is 3.00. The van der Waals surface area contributed by atoms with Gasteiger partial charge >= 0.3 is 5.97 Å². The number of carboxylic acids is 1. The topological polar surface area (TPSA) is 156 Å². The monoisotopic (exact) mass is 517 g/mol. The molecule has 0 spiro atoms. The lowest BCUT2D eigenvalue weighted by Crippen LogP contribution is -2.52. The number of amides is 3. The fraction of sp³-hybridized carbons (Fsp3) is 0.130. The second kappa shape index (κ2) is 11.0. The summed E-state index contributed by atoms with van der Waals surface area (Å²) < 4.78 is 0. The lowest BCUT2D eigenvalue weighted by Gasteiger charge is -2.24. The van der Waals surface area contributed by atoms with Gasteiger partial charge in [0.15, 0.2) is 0 Å². The van der Waals surface area contributed by atoms with Crippen molar-refractivity contribution in [3.8, 4) is 11.5 Å². The molecule has 0 fully saturated rings. The number of aromatic hydroxyl groups is 2. The maximum atomic E-state index is 13.1. The number of carbonyl (C=O) groups excluding carboxylic acids is 3. The molecule has 35 heavy (non-hydrogen) atoms. The number of hydrogen-bond donors (Lipinski definition) is 5. The minimum absolute atomic E-state index is 0.000809. The van der Waals surface area contributed by atoms with E-state index in [2.05, 4.69) is 10.7 Å². The summed E-state index contributed by atoms with van der Waals surface area (Å²) in [5.41, 5.74) is 2.81. The predicted molar refractivity (Wildman–Crippen MR) is 127 cm³/mol. The number of phenols is 2. The number of rotatable bonds is 8. The van der Waals surface area contributed by atoms with Crippen LogP contribution in [-0.2, 0) is 11.3 Å². The molecule has 0 saturated heterocycles. The molecule has 0 unspecified atom stereocenters. The molecule has 2 aromatic carbocycles. The fourth-order valence-electron chi connectivity index (χ4n) is 2.96. The first-order chi connectivity index (χ1) is 16.6. The number of phenolic OH excluding ortho intramolecular Hbond substituents is 2. The van der Waals surface area contributed by atoms with Gasteiger partial charge in [0, 0.05) is 18.2 Å². The molecule has 182 valence electrons. The molecular formula is C23H20ClN3O7S. The number of nitrogens with one attached hydrogen (secondary N) is 2. The molecule has 0 aliphatic rings. The molecule has 0 aliphatic carbocycles. The Morgan fingerprint density at radius 1 is 1.03 bits per heavy atom. The van der Waals surface area contributed by atoms with Crippen LogP contribution in [0.5, 0.6) is 11.5 Å². The van der Waals surface area contributed by atoms with Gasteiger partial charge in [-0.15, -0.1) is 11.3 Å². The summed E-state index contributed by atoms with van der Waals surface area (Å²) in [7, 11) is 0. The maximum absolute atomic E-state index is 13.1. The molecule has 12 heteroatoms. The molecule has 3 rings (SSSR count). The zero-order chi connectivity index (χ0) is 25.7. The molecule has 0 aliphatic heterocycles. The standard InChI is InChI=1S/C23H20ClN3O7S/c1-12(23(33)34)26-27(22(32)19-3-2-6-35-19)21(31)17-5-4-14(9-18(17)24)20(30)25-11-13-7-15(28)10-16(29)8-13/h2-10,12,26,28-29H,11H2,1H3,(H,25,30)(H,33,34)/t12-/m0/s1. The van der Waals surface area contributed by atoms with E-state index in [4.69, 9.17) is 11.6 Å². The molecule has 1 heterocycles. The zero-order valence-electron chi connectivity index (χ0n) is 18.2. The highest BCUT2D eigenvalue weighted by Gasteiger charge is 2.29. The van der Waals surface area contributed by atoms with Crippen molar-refractivity contribution in [2.75, 3.05) is 0 Å². The molecule has 5 N–H and O–H groups in total. The number of hydrogen-bond acceptors (Lipinski definition) is 8. The van der Waals surface area contributed by atoms with Crippen molar-refractivity contribution in [3.63, 3.8) is 0 Å². The summed E-state index contributed by atoms with van der Waals surface area (Å²) in [6.45, 7) is 1.27. The second-order valence-corrected chi connectivity index (χ2v) is 8.70. The van der Waals surface area contributed by atoms with Crippen LogP contribution in [0, 0.1) is 0 Å². The lowest BCUT2D eigenvalue weighted by atomic mass is 10.1. The van der Waals surface area contributed by atoms with Crippen molar-refractivity contribution in [2.24, 2.45) is 0 Å². The normalized spacial score (nSPS) is 11.5. The summed E-state index contributed by atoms with van der Waals surface area (Å²) in [5, 5.41) is 33.0. The summed E-state index contributed by atoms with van der Waals surface area (Å²) >= 11 is 7.33. The number of benzene rings is 2. The SMILES string of the molecule is C[C@H](NN(C(=O)c1cccs1)C(=O)c1ccc(C(=O)NCc2cc(O)cc(O)c2)cc1Cl)C(=O)O. The highest BCUT2D eigenvalue weighted by Crippen LogP contribution is 2.23. The average Bonchev–Trinajstić information content (AvgIpc) is 3.34. The molecule has 3 aromatic rings. The molecule has 0 saturated carbocycles. The van der Waals surface area contributed by atoms with Crippen molar-refractivity contribution in [1.29, 1.82) is 0 Å². The smallest absolute Gasteiger partial charge is 0.322 e. The molecule has 1 atom stereocenters. The molecule has 3 amide bonds. The number of thiophene rings is 1. The van der Waals surface area contributed by atoms with Crippen molar-refractivity contribution in [1.82, 2.24) is 15.8 Å². The van der Waals surface area contributed by atoms with E-state index in [1.165, 1.54) is 43.3 Å². The van der Waals surface area contributed by atoms with Crippen molar-refractivity contribution < 1.29 is 34.5 Å². The second-order valence-electron chi connectivity index (χ2n) is 7.35. The largest absolute Gasteiger partial charge is 0.508 e. The molecule has 0 radical (unpaired) electrons. The number of carboxylic acid groups (broad SMARTS) is 1. The maximum Gasteiger partial charge on any atom is 0.322 e. The minimum atomic E-state index is -1.28. The van der Waals surface area contributed by atoms with Gasteiger partial charge in [-0.3, -0.25) is 19.2 Å². The lowest BCUT2D eigenvalue weighted by molar-refractivity contribution is -0.139. The van der Waals surface area contributed by atoms with Crippen LogP contribution in [0.15, 0.2) is 53.9 Å². The number of carbonyl (C=O) groups is 4. The van der Waals surface area contributed by atoms with Crippen molar-refractivity contribution in [3.05, 3.63) is 80.5 Å². The number of nitrogens with zero attached hydrogens (tertiary/aromatic N) is 1. The first kappa shape index (κ1) is 25.7. The molecular weight excluding hydrogens is 498 g/mol.